The first kappa shape index (κ1) is 33.4. The van der Waals surface area contributed by atoms with E-state index in [4.69, 9.17) is 21.1 Å². The number of piperidine rings is 1. The van der Waals surface area contributed by atoms with Gasteiger partial charge in [-0.3, -0.25) is 4.79 Å². The summed E-state index contributed by atoms with van der Waals surface area (Å²) in [6, 6.07) is 7.64. The van der Waals surface area contributed by atoms with Crippen molar-refractivity contribution in [2.75, 3.05) is 46.4 Å². The fraction of sp³-hybridized carbons (Fsp3) is 0.697. The number of rotatable bonds is 13. The van der Waals surface area contributed by atoms with Gasteiger partial charge < -0.3 is 34.4 Å². The molecule has 2 heterocycles. The molecular weight excluding hydrogens is 570 g/mol. The Morgan fingerprint density at radius 3 is 2.67 bits per heavy atom. The fourth-order valence-corrected chi connectivity index (χ4v) is 7.22. The Balaban J connectivity index is 1.44. The lowest BCUT2D eigenvalue weighted by Crippen LogP contribution is -2.45. The first-order chi connectivity index (χ1) is 20.8. The zero-order valence-electron chi connectivity index (χ0n) is 25.8. The summed E-state index contributed by atoms with van der Waals surface area (Å²) < 4.78 is 17.0. The van der Waals surface area contributed by atoms with Crippen LogP contribution in [0.5, 0.6) is 0 Å². The molecule has 5 atom stereocenters. The molecule has 0 aromatic heterocycles. The lowest BCUT2D eigenvalue weighted by atomic mass is 9.78. The highest BCUT2D eigenvalue weighted by Crippen LogP contribution is 2.37. The number of alkyl carbamates (subject to hydrolysis) is 1. The number of halogens is 1. The van der Waals surface area contributed by atoms with Gasteiger partial charge in [-0.1, -0.05) is 55.8 Å². The molecule has 240 valence electrons. The van der Waals surface area contributed by atoms with E-state index < -0.39 is 12.2 Å². The lowest BCUT2D eigenvalue weighted by molar-refractivity contribution is -0.137. The topological polar surface area (TPSA) is 101 Å². The van der Waals surface area contributed by atoms with Gasteiger partial charge in [-0.2, -0.15) is 0 Å². The van der Waals surface area contributed by atoms with E-state index in [0.717, 1.165) is 44.2 Å². The number of likely N-dealkylation sites (N-methyl/N-ethyl adjacent to an activating group) is 1. The largest absolute Gasteiger partial charge is 0.472 e. The fourth-order valence-electron chi connectivity index (χ4n) is 7.02. The molecule has 3 fully saturated rings. The Hall–Kier alpha value is -2.49. The highest BCUT2D eigenvalue weighted by molar-refractivity contribution is 6.30. The van der Waals surface area contributed by atoms with Crippen molar-refractivity contribution in [1.29, 1.82) is 0 Å². The van der Waals surface area contributed by atoms with E-state index in [1.807, 2.05) is 34.1 Å². The predicted octanol–water partition coefficient (Wildman–Crippen LogP) is 5.52. The summed E-state index contributed by atoms with van der Waals surface area (Å²) in [7, 11) is 1.33. The van der Waals surface area contributed by atoms with Crippen LogP contribution in [-0.2, 0) is 19.0 Å². The number of benzene rings is 1. The number of likely N-dealkylation sites (tertiary alicyclic amines) is 1. The van der Waals surface area contributed by atoms with E-state index in [2.05, 4.69) is 23.6 Å². The van der Waals surface area contributed by atoms with Crippen molar-refractivity contribution in [3.05, 3.63) is 47.3 Å². The standard InChI is InChI=1S/C33H50ClN3O6/c1-4-36-22-29(43-23(36)2)31(39)27(18-24-10-6-5-7-11-24)20-30(38)37-16-9-13-26(21-37)32(25-12-8-14-28(34)19-25)42-17-15-35-33(40)41-3/h8,12,14,19,24,26-27,29,31-32,39H,2,4-7,9-11,13,15-18,20-22H2,1,3H3,(H,35,40)/t26-,27-,29+,31-,32+/m1/s1. The first-order valence-corrected chi connectivity index (χ1v) is 16.4. The van der Waals surface area contributed by atoms with E-state index in [1.54, 1.807) is 0 Å². The van der Waals surface area contributed by atoms with Gasteiger partial charge in [0, 0.05) is 43.5 Å². The Kier molecular flexibility index (Phi) is 12.9. The van der Waals surface area contributed by atoms with Crippen molar-refractivity contribution < 1.29 is 28.9 Å². The van der Waals surface area contributed by atoms with Crippen LogP contribution >= 0.6 is 11.6 Å². The van der Waals surface area contributed by atoms with Gasteiger partial charge in [-0.15, -0.1) is 0 Å². The third-order valence-corrected chi connectivity index (χ3v) is 9.59. The van der Waals surface area contributed by atoms with Crippen molar-refractivity contribution in [2.45, 2.75) is 83.0 Å². The molecule has 2 aliphatic heterocycles. The minimum absolute atomic E-state index is 0.0654. The van der Waals surface area contributed by atoms with Crippen LogP contribution in [0.25, 0.3) is 0 Å². The summed E-state index contributed by atoms with van der Waals surface area (Å²) in [5.74, 6) is 1.10. The van der Waals surface area contributed by atoms with E-state index in [9.17, 15) is 14.7 Å². The molecule has 0 unspecified atom stereocenters. The molecule has 1 aromatic rings. The molecule has 1 aromatic carbocycles. The minimum atomic E-state index is -0.732. The number of methoxy groups -OCH3 is 1. The van der Waals surface area contributed by atoms with Crippen molar-refractivity contribution in [3.8, 4) is 0 Å². The summed E-state index contributed by atoms with van der Waals surface area (Å²) >= 11 is 6.34. The highest BCUT2D eigenvalue weighted by Gasteiger charge is 2.39. The van der Waals surface area contributed by atoms with Crippen molar-refractivity contribution in [3.63, 3.8) is 0 Å². The molecule has 4 rings (SSSR count). The monoisotopic (exact) mass is 619 g/mol. The van der Waals surface area contributed by atoms with Gasteiger partial charge in [0.15, 0.2) is 5.88 Å². The van der Waals surface area contributed by atoms with Gasteiger partial charge in [0.25, 0.3) is 0 Å². The Labute approximate surface area is 261 Å². The summed E-state index contributed by atoms with van der Waals surface area (Å²) in [5, 5.41) is 14.9. The predicted molar refractivity (Wildman–Crippen MR) is 166 cm³/mol. The van der Waals surface area contributed by atoms with Crippen LogP contribution < -0.4 is 5.32 Å². The molecule has 2 N–H and O–H groups in total. The second-order valence-corrected chi connectivity index (χ2v) is 12.7. The average Bonchev–Trinajstić information content (AvgIpc) is 3.41. The van der Waals surface area contributed by atoms with Crippen molar-refractivity contribution in [2.24, 2.45) is 17.8 Å². The number of aliphatic hydroxyl groups excluding tert-OH is 1. The normalized spacial score (nSPS) is 23.4. The Morgan fingerprint density at radius 2 is 1.98 bits per heavy atom. The minimum Gasteiger partial charge on any atom is -0.472 e. The van der Waals surface area contributed by atoms with Gasteiger partial charge in [0.05, 0.1) is 32.5 Å². The molecule has 43 heavy (non-hydrogen) atoms. The highest BCUT2D eigenvalue weighted by atomic mass is 35.5. The SMILES string of the molecule is C=C1O[C@H]([C@H](O)[C@@H](CC(=O)N2CCC[C@@H]([C@@H](OCCNC(=O)OC)c3cccc(Cl)c3)C2)CC2CCCCC2)CN1CC. The van der Waals surface area contributed by atoms with Crippen LogP contribution in [0.15, 0.2) is 36.7 Å². The number of carbonyl (C=O) groups excluding carboxylic acids is 2. The van der Waals surface area contributed by atoms with Crippen LogP contribution in [-0.4, -0.2) is 85.6 Å². The third-order valence-electron chi connectivity index (χ3n) is 9.35. The van der Waals surface area contributed by atoms with Crippen molar-refractivity contribution >= 4 is 23.6 Å². The number of nitrogens with zero attached hydrogens (tertiary/aromatic N) is 2. The van der Waals surface area contributed by atoms with Gasteiger partial charge in [-0.25, -0.2) is 4.79 Å². The molecular formula is C33H50ClN3O6. The third kappa shape index (κ3) is 9.50. The number of aliphatic hydroxyl groups is 1. The van der Waals surface area contributed by atoms with Gasteiger partial charge in [0.1, 0.15) is 6.10 Å². The summed E-state index contributed by atoms with van der Waals surface area (Å²) in [6.07, 6.45) is 7.04. The Morgan fingerprint density at radius 1 is 1.19 bits per heavy atom. The smallest absolute Gasteiger partial charge is 0.406 e. The zero-order chi connectivity index (χ0) is 30.8. The number of hydrogen-bond acceptors (Lipinski definition) is 7. The van der Waals surface area contributed by atoms with Crippen LogP contribution in [0.2, 0.25) is 5.02 Å². The van der Waals surface area contributed by atoms with Crippen LogP contribution in [0.1, 0.15) is 76.4 Å². The molecule has 1 saturated carbocycles. The average molecular weight is 620 g/mol. The molecule has 9 nitrogen and oxygen atoms in total. The quantitative estimate of drug-likeness (QED) is 0.280. The zero-order valence-corrected chi connectivity index (χ0v) is 26.6. The van der Waals surface area contributed by atoms with Crippen LogP contribution in [0.4, 0.5) is 4.79 Å². The second kappa shape index (κ2) is 16.5. The van der Waals surface area contributed by atoms with E-state index in [-0.39, 0.29) is 30.0 Å². The number of ether oxygens (including phenoxy) is 3. The molecule has 10 heteroatoms. The van der Waals surface area contributed by atoms with E-state index in [0.29, 0.717) is 56.0 Å². The van der Waals surface area contributed by atoms with Crippen LogP contribution in [0, 0.1) is 17.8 Å². The maximum atomic E-state index is 13.9. The summed E-state index contributed by atoms with van der Waals surface area (Å²) in [5.41, 5.74) is 0.953. The van der Waals surface area contributed by atoms with E-state index in [1.165, 1.54) is 26.4 Å². The maximum Gasteiger partial charge on any atom is 0.406 e. The molecule has 2 saturated heterocycles. The van der Waals surface area contributed by atoms with Gasteiger partial charge >= 0.3 is 6.09 Å². The van der Waals surface area contributed by atoms with Gasteiger partial charge in [-0.05, 0) is 62.3 Å². The second-order valence-electron chi connectivity index (χ2n) is 12.3. The maximum absolute atomic E-state index is 13.9. The molecule has 2 amide bonds. The van der Waals surface area contributed by atoms with Gasteiger partial charge in [0.2, 0.25) is 5.91 Å². The van der Waals surface area contributed by atoms with E-state index >= 15 is 0 Å². The number of nitrogens with one attached hydrogen (secondary N) is 1. The first-order valence-electron chi connectivity index (χ1n) is 16.0. The molecule has 0 spiro atoms. The molecule has 3 aliphatic rings. The van der Waals surface area contributed by atoms with Crippen LogP contribution in [0.3, 0.4) is 0 Å². The molecule has 1 aliphatic carbocycles. The molecule has 0 bridgehead atoms. The number of carbonyl (C=O) groups is 2. The summed E-state index contributed by atoms with van der Waals surface area (Å²) in [4.78, 5) is 29.4. The number of hydrogen-bond donors (Lipinski definition) is 2. The number of amides is 2. The van der Waals surface area contributed by atoms with Crippen molar-refractivity contribution in [1.82, 2.24) is 15.1 Å². The molecule has 0 radical (unpaired) electrons. The lowest BCUT2D eigenvalue weighted by Gasteiger charge is -2.38. The summed E-state index contributed by atoms with van der Waals surface area (Å²) in [6.45, 7) is 9.30. The Bertz CT molecular complexity index is 1070.